The summed E-state index contributed by atoms with van der Waals surface area (Å²) >= 11 is 0. The number of methoxy groups -OCH3 is 2. The van der Waals surface area contributed by atoms with Gasteiger partial charge in [0.2, 0.25) is 0 Å². The van der Waals surface area contributed by atoms with E-state index in [0.29, 0.717) is 13.2 Å². The predicted molar refractivity (Wildman–Crippen MR) is 101 cm³/mol. The topological polar surface area (TPSA) is 57.2 Å². The van der Waals surface area contributed by atoms with Gasteiger partial charge in [-0.3, -0.25) is 0 Å². The minimum absolute atomic E-state index is 0.184. The van der Waals surface area contributed by atoms with Gasteiger partial charge >= 0.3 is 0 Å². The SMILES string of the molecule is COCCc1ccc(OCC(O)COc2ccc(CCOC)cc2)cc1. The number of ether oxygens (including phenoxy) is 4. The molecule has 0 atom stereocenters. The number of aliphatic hydroxyl groups excluding tert-OH is 1. The maximum Gasteiger partial charge on any atom is 0.122 e. The molecule has 0 saturated heterocycles. The van der Waals surface area contributed by atoms with E-state index in [-0.39, 0.29) is 13.2 Å². The van der Waals surface area contributed by atoms with Crippen molar-refractivity contribution in [3.05, 3.63) is 59.7 Å². The van der Waals surface area contributed by atoms with Crippen molar-refractivity contribution in [2.45, 2.75) is 18.9 Å². The molecule has 0 aliphatic rings. The molecule has 0 fully saturated rings. The quantitative estimate of drug-likeness (QED) is 0.631. The van der Waals surface area contributed by atoms with Gasteiger partial charge in [0, 0.05) is 14.2 Å². The molecule has 0 bridgehead atoms. The number of benzene rings is 2. The minimum Gasteiger partial charge on any atom is -0.491 e. The van der Waals surface area contributed by atoms with Gasteiger partial charge in [-0.25, -0.2) is 0 Å². The summed E-state index contributed by atoms with van der Waals surface area (Å²) in [6.07, 6.45) is 1.05. The first-order valence-electron chi connectivity index (χ1n) is 8.80. The number of hydrogen-bond acceptors (Lipinski definition) is 5. The summed E-state index contributed by atoms with van der Waals surface area (Å²) in [4.78, 5) is 0. The third-order valence-corrected chi connectivity index (χ3v) is 3.92. The fourth-order valence-corrected chi connectivity index (χ4v) is 2.38. The average Bonchev–Trinajstić information content (AvgIpc) is 2.69. The molecular weight excluding hydrogens is 332 g/mol. The average molecular weight is 360 g/mol. The van der Waals surface area contributed by atoms with E-state index in [2.05, 4.69) is 0 Å². The van der Waals surface area contributed by atoms with Crippen molar-refractivity contribution < 1.29 is 24.1 Å². The Morgan fingerprint density at radius 3 is 1.42 bits per heavy atom. The molecule has 142 valence electrons. The second-order valence-corrected chi connectivity index (χ2v) is 6.05. The summed E-state index contributed by atoms with van der Waals surface area (Å²) in [5.74, 6) is 1.46. The highest BCUT2D eigenvalue weighted by atomic mass is 16.5. The lowest BCUT2D eigenvalue weighted by Crippen LogP contribution is -2.25. The second-order valence-electron chi connectivity index (χ2n) is 6.05. The summed E-state index contributed by atoms with van der Waals surface area (Å²) in [5.41, 5.74) is 2.38. The molecule has 2 aromatic rings. The van der Waals surface area contributed by atoms with Crippen molar-refractivity contribution in [1.82, 2.24) is 0 Å². The monoisotopic (exact) mass is 360 g/mol. The van der Waals surface area contributed by atoms with Crippen molar-refractivity contribution in [2.75, 3.05) is 40.6 Å². The normalized spacial score (nSPS) is 10.9. The molecule has 0 heterocycles. The molecule has 0 aromatic heterocycles. The van der Waals surface area contributed by atoms with Crippen molar-refractivity contribution >= 4 is 0 Å². The van der Waals surface area contributed by atoms with Crippen LogP contribution in [0.5, 0.6) is 11.5 Å². The molecule has 0 spiro atoms. The van der Waals surface area contributed by atoms with Crippen molar-refractivity contribution in [2.24, 2.45) is 0 Å². The molecule has 5 nitrogen and oxygen atoms in total. The van der Waals surface area contributed by atoms with Crippen LogP contribution in [-0.4, -0.2) is 51.9 Å². The lowest BCUT2D eigenvalue weighted by atomic mass is 10.1. The van der Waals surface area contributed by atoms with Crippen molar-refractivity contribution in [3.63, 3.8) is 0 Å². The molecule has 0 radical (unpaired) electrons. The largest absolute Gasteiger partial charge is 0.491 e. The number of hydrogen-bond donors (Lipinski definition) is 1. The summed E-state index contributed by atoms with van der Waals surface area (Å²) < 4.78 is 21.3. The third kappa shape index (κ3) is 7.44. The van der Waals surface area contributed by atoms with Gasteiger partial charge in [-0.2, -0.15) is 0 Å². The van der Waals surface area contributed by atoms with E-state index >= 15 is 0 Å². The summed E-state index contributed by atoms with van der Waals surface area (Å²) in [6.45, 7) is 1.76. The van der Waals surface area contributed by atoms with Crippen LogP contribution in [0.1, 0.15) is 11.1 Å². The Morgan fingerprint density at radius 2 is 1.08 bits per heavy atom. The molecule has 0 amide bonds. The first kappa shape index (κ1) is 20.2. The molecule has 2 rings (SSSR count). The van der Waals surface area contributed by atoms with Gasteiger partial charge in [-0.05, 0) is 48.2 Å². The standard InChI is InChI=1S/C21H28O5/c1-23-13-11-17-3-7-20(8-4-17)25-15-19(22)16-26-21-9-5-18(6-10-21)12-14-24-2/h3-10,19,22H,11-16H2,1-2H3. The lowest BCUT2D eigenvalue weighted by molar-refractivity contribution is 0.0626. The van der Waals surface area contributed by atoms with Crippen LogP contribution in [0.2, 0.25) is 0 Å². The molecule has 26 heavy (non-hydrogen) atoms. The highest BCUT2D eigenvalue weighted by Crippen LogP contribution is 2.15. The van der Waals surface area contributed by atoms with Crippen LogP contribution >= 0.6 is 0 Å². The van der Waals surface area contributed by atoms with E-state index < -0.39 is 6.10 Å². The van der Waals surface area contributed by atoms with Crippen LogP contribution in [0.25, 0.3) is 0 Å². The fraction of sp³-hybridized carbons (Fsp3) is 0.429. The predicted octanol–water partition coefficient (Wildman–Crippen LogP) is 2.88. The molecular formula is C21H28O5. The molecule has 1 N–H and O–H groups in total. The van der Waals surface area contributed by atoms with E-state index in [0.717, 1.165) is 24.3 Å². The Morgan fingerprint density at radius 1 is 0.692 bits per heavy atom. The highest BCUT2D eigenvalue weighted by molar-refractivity contribution is 5.28. The van der Waals surface area contributed by atoms with Crippen LogP contribution < -0.4 is 9.47 Å². The van der Waals surface area contributed by atoms with Crippen LogP contribution in [0.3, 0.4) is 0 Å². The number of aliphatic hydroxyl groups is 1. The Labute approximate surface area is 155 Å². The number of rotatable bonds is 12. The van der Waals surface area contributed by atoms with E-state index in [1.54, 1.807) is 14.2 Å². The molecule has 0 saturated carbocycles. The lowest BCUT2D eigenvalue weighted by Gasteiger charge is -2.14. The third-order valence-electron chi connectivity index (χ3n) is 3.92. The van der Waals surface area contributed by atoms with E-state index in [1.807, 2.05) is 48.5 Å². The summed E-state index contributed by atoms with van der Waals surface area (Å²) in [7, 11) is 3.38. The Hall–Kier alpha value is -2.08. The molecule has 0 aliphatic carbocycles. The van der Waals surface area contributed by atoms with Gasteiger partial charge in [0.25, 0.3) is 0 Å². The highest BCUT2D eigenvalue weighted by Gasteiger charge is 2.07. The van der Waals surface area contributed by atoms with Crippen LogP contribution in [-0.2, 0) is 22.3 Å². The smallest absolute Gasteiger partial charge is 0.122 e. The maximum atomic E-state index is 10.0. The van der Waals surface area contributed by atoms with Gasteiger partial charge in [-0.15, -0.1) is 0 Å². The van der Waals surface area contributed by atoms with Gasteiger partial charge in [0.1, 0.15) is 30.8 Å². The summed E-state index contributed by atoms with van der Waals surface area (Å²) in [6, 6.07) is 15.6. The van der Waals surface area contributed by atoms with Gasteiger partial charge < -0.3 is 24.1 Å². The zero-order chi connectivity index (χ0) is 18.6. The van der Waals surface area contributed by atoms with Gasteiger partial charge in [-0.1, -0.05) is 24.3 Å². The first-order chi connectivity index (χ1) is 12.7. The zero-order valence-corrected chi connectivity index (χ0v) is 15.5. The molecule has 0 unspecified atom stereocenters. The maximum absolute atomic E-state index is 10.0. The molecule has 0 aliphatic heterocycles. The Bertz CT molecular complexity index is 554. The van der Waals surface area contributed by atoms with E-state index in [4.69, 9.17) is 18.9 Å². The zero-order valence-electron chi connectivity index (χ0n) is 15.5. The van der Waals surface area contributed by atoms with Gasteiger partial charge in [0.15, 0.2) is 0 Å². The van der Waals surface area contributed by atoms with Crippen LogP contribution in [0.15, 0.2) is 48.5 Å². The van der Waals surface area contributed by atoms with Crippen molar-refractivity contribution in [1.29, 1.82) is 0 Å². The van der Waals surface area contributed by atoms with Crippen LogP contribution in [0.4, 0.5) is 0 Å². The van der Waals surface area contributed by atoms with E-state index in [1.165, 1.54) is 11.1 Å². The van der Waals surface area contributed by atoms with Gasteiger partial charge in [0.05, 0.1) is 13.2 Å². The summed E-state index contributed by atoms with van der Waals surface area (Å²) in [5, 5.41) is 10.0. The molecule has 2 aromatic carbocycles. The Balaban J connectivity index is 1.69. The van der Waals surface area contributed by atoms with Crippen LogP contribution in [0, 0.1) is 0 Å². The van der Waals surface area contributed by atoms with E-state index in [9.17, 15) is 5.11 Å². The minimum atomic E-state index is -0.698. The first-order valence-corrected chi connectivity index (χ1v) is 8.80. The second kappa shape index (κ2) is 11.5. The fourth-order valence-electron chi connectivity index (χ4n) is 2.38. The molecule has 5 heteroatoms. The van der Waals surface area contributed by atoms with Crippen molar-refractivity contribution in [3.8, 4) is 11.5 Å². The Kier molecular flexibility index (Phi) is 8.96.